The van der Waals surface area contributed by atoms with Gasteiger partial charge in [0.2, 0.25) is 5.91 Å². The summed E-state index contributed by atoms with van der Waals surface area (Å²) in [4.78, 5) is 16.6. The van der Waals surface area contributed by atoms with E-state index in [-0.39, 0.29) is 11.8 Å². The first kappa shape index (κ1) is 18.8. The van der Waals surface area contributed by atoms with Crippen molar-refractivity contribution in [2.24, 2.45) is 0 Å². The zero-order valence-corrected chi connectivity index (χ0v) is 16.1. The summed E-state index contributed by atoms with van der Waals surface area (Å²) in [5.74, 6) is 1.01. The van der Waals surface area contributed by atoms with E-state index in [2.05, 4.69) is 40.2 Å². The molecule has 1 amide bonds. The molecule has 1 atom stereocenters. The van der Waals surface area contributed by atoms with E-state index in [9.17, 15) is 10.1 Å². The molecule has 2 aromatic rings. The Morgan fingerprint density at radius 2 is 1.81 bits per heavy atom. The maximum absolute atomic E-state index is 12.7. The Labute approximate surface area is 160 Å². The zero-order valence-electron chi connectivity index (χ0n) is 16.1. The third-order valence-electron chi connectivity index (χ3n) is 5.33. The lowest BCUT2D eigenvalue weighted by Gasteiger charge is -2.36. The van der Waals surface area contributed by atoms with Crippen molar-refractivity contribution in [3.05, 3.63) is 52.7 Å². The molecule has 6 heteroatoms. The molecule has 140 valence electrons. The van der Waals surface area contributed by atoms with Gasteiger partial charge in [0.1, 0.15) is 11.6 Å². The van der Waals surface area contributed by atoms with E-state index in [0.717, 1.165) is 11.3 Å². The fourth-order valence-electron chi connectivity index (χ4n) is 3.41. The number of carbonyl (C=O) groups is 1. The standard InChI is InChI=1S/C21H25N5O/c1-15(18-7-5-4-6-8-18)13-20(27)25-9-11-26(12-10-25)21-19(14-22)16(2)17(3)23-24-21/h4-8,15H,9-13H2,1-3H3/t15-/m0/s1. The van der Waals surface area contributed by atoms with Crippen LogP contribution in [-0.4, -0.2) is 47.2 Å². The summed E-state index contributed by atoms with van der Waals surface area (Å²) >= 11 is 0. The van der Waals surface area contributed by atoms with Crippen LogP contribution in [-0.2, 0) is 4.79 Å². The molecular weight excluding hydrogens is 338 g/mol. The lowest BCUT2D eigenvalue weighted by Crippen LogP contribution is -2.49. The predicted octanol–water partition coefficient (Wildman–Crippen LogP) is 2.81. The molecule has 0 aliphatic carbocycles. The van der Waals surface area contributed by atoms with Crippen molar-refractivity contribution >= 4 is 11.7 Å². The highest BCUT2D eigenvalue weighted by Crippen LogP contribution is 2.24. The van der Waals surface area contributed by atoms with E-state index >= 15 is 0 Å². The summed E-state index contributed by atoms with van der Waals surface area (Å²) in [5, 5.41) is 17.9. The summed E-state index contributed by atoms with van der Waals surface area (Å²) < 4.78 is 0. The van der Waals surface area contributed by atoms with Crippen LogP contribution in [0.1, 0.15) is 41.6 Å². The molecule has 1 aliphatic heterocycles. The van der Waals surface area contributed by atoms with Gasteiger partial charge in [0.25, 0.3) is 0 Å². The van der Waals surface area contributed by atoms with Gasteiger partial charge in [0, 0.05) is 32.6 Å². The number of aryl methyl sites for hydroxylation is 1. The molecule has 0 N–H and O–H groups in total. The first-order valence-corrected chi connectivity index (χ1v) is 9.33. The number of rotatable bonds is 4. The number of carbonyl (C=O) groups excluding carboxylic acids is 1. The molecule has 0 radical (unpaired) electrons. The first-order valence-electron chi connectivity index (χ1n) is 9.33. The third kappa shape index (κ3) is 4.08. The minimum Gasteiger partial charge on any atom is -0.350 e. The molecule has 0 spiro atoms. The molecule has 1 fully saturated rings. The summed E-state index contributed by atoms with van der Waals surface area (Å²) in [6.07, 6.45) is 0.511. The molecule has 0 saturated carbocycles. The summed E-state index contributed by atoms with van der Waals surface area (Å²) in [5.41, 5.74) is 3.42. The van der Waals surface area contributed by atoms with Gasteiger partial charge in [-0.05, 0) is 30.9 Å². The predicted molar refractivity (Wildman–Crippen MR) is 104 cm³/mol. The average Bonchev–Trinajstić information content (AvgIpc) is 2.70. The Balaban J connectivity index is 1.62. The second kappa shape index (κ2) is 8.17. The second-order valence-corrected chi connectivity index (χ2v) is 7.10. The minimum atomic E-state index is 0.178. The molecule has 2 heterocycles. The van der Waals surface area contributed by atoms with Gasteiger partial charge in [-0.2, -0.15) is 10.4 Å². The molecule has 27 heavy (non-hydrogen) atoms. The summed E-state index contributed by atoms with van der Waals surface area (Å²) in [7, 11) is 0. The number of piperazine rings is 1. The van der Waals surface area contributed by atoms with Gasteiger partial charge in [0.05, 0.1) is 5.69 Å². The zero-order chi connectivity index (χ0) is 19.4. The van der Waals surface area contributed by atoms with Gasteiger partial charge in [-0.1, -0.05) is 37.3 Å². The largest absolute Gasteiger partial charge is 0.350 e. The molecule has 0 unspecified atom stereocenters. The Kier molecular flexibility index (Phi) is 5.70. The lowest BCUT2D eigenvalue weighted by molar-refractivity contribution is -0.131. The Morgan fingerprint density at radius 1 is 1.15 bits per heavy atom. The Bertz CT molecular complexity index is 851. The number of hydrogen-bond donors (Lipinski definition) is 0. The van der Waals surface area contributed by atoms with Crippen molar-refractivity contribution in [3.63, 3.8) is 0 Å². The van der Waals surface area contributed by atoms with Gasteiger partial charge in [-0.25, -0.2) is 0 Å². The van der Waals surface area contributed by atoms with Crippen molar-refractivity contribution in [2.45, 2.75) is 33.1 Å². The van der Waals surface area contributed by atoms with Crippen LogP contribution in [0.15, 0.2) is 30.3 Å². The maximum atomic E-state index is 12.7. The van der Waals surface area contributed by atoms with Crippen molar-refractivity contribution in [1.29, 1.82) is 5.26 Å². The van der Waals surface area contributed by atoms with Gasteiger partial charge >= 0.3 is 0 Å². The second-order valence-electron chi connectivity index (χ2n) is 7.10. The Morgan fingerprint density at radius 3 is 2.44 bits per heavy atom. The monoisotopic (exact) mass is 363 g/mol. The van der Waals surface area contributed by atoms with Crippen LogP contribution < -0.4 is 4.90 Å². The molecule has 1 aliphatic rings. The van der Waals surface area contributed by atoms with Gasteiger partial charge in [0.15, 0.2) is 5.82 Å². The van der Waals surface area contributed by atoms with E-state index < -0.39 is 0 Å². The molecule has 6 nitrogen and oxygen atoms in total. The highest BCUT2D eigenvalue weighted by atomic mass is 16.2. The fraction of sp³-hybridized carbons (Fsp3) is 0.429. The van der Waals surface area contributed by atoms with Gasteiger partial charge in [-0.15, -0.1) is 5.10 Å². The Hall–Kier alpha value is -2.94. The number of nitrogens with zero attached hydrogens (tertiary/aromatic N) is 5. The van der Waals surface area contributed by atoms with E-state index in [1.165, 1.54) is 5.56 Å². The van der Waals surface area contributed by atoms with Crippen LogP contribution in [0.5, 0.6) is 0 Å². The third-order valence-corrected chi connectivity index (χ3v) is 5.33. The van der Waals surface area contributed by atoms with Crippen molar-refractivity contribution in [2.75, 3.05) is 31.1 Å². The number of benzene rings is 1. The van der Waals surface area contributed by atoms with Gasteiger partial charge in [-0.3, -0.25) is 4.79 Å². The normalized spacial score (nSPS) is 15.3. The molecule has 1 aromatic heterocycles. The highest BCUT2D eigenvalue weighted by Gasteiger charge is 2.25. The molecule has 3 rings (SSSR count). The number of amides is 1. The fourth-order valence-corrected chi connectivity index (χ4v) is 3.41. The topological polar surface area (TPSA) is 73.1 Å². The number of hydrogen-bond acceptors (Lipinski definition) is 5. The van der Waals surface area contributed by atoms with Crippen LogP contribution in [0, 0.1) is 25.2 Å². The van der Waals surface area contributed by atoms with Crippen LogP contribution in [0.2, 0.25) is 0 Å². The molecule has 1 saturated heterocycles. The maximum Gasteiger partial charge on any atom is 0.223 e. The first-order chi connectivity index (χ1) is 13.0. The van der Waals surface area contributed by atoms with E-state index in [1.807, 2.05) is 36.9 Å². The van der Waals surface area contributed by atoms with Crippen LogP contribution in [0.25, 0.3) is 0 Å². The molecule has 0 bridgehead atoms. The SMILES string of the molecule is Cc1nnc(N2CCN(C(=O)C[C@H](C)c3ccccc3)CC2)c(C#N)c1C. The number of aromatic nitrogens is 2. The molecule has 1 aromatic carbocycles. The lowest BCUT2D eigenvalue weighted by atomic mass is 9.97. The van der Waals surface area contributed by atoms with Crippen LogP contribution >= 0.6 is 0 Å². The van der Waals surface area contributed by atoms with E-state index in [0.29, 0.717) is 44.0 Å². The van der Waals surface area contributed by atoms with Crippen LogP contribution in [0.4, 0.5) is 5.82 Å². The highest BCUT2D eigenvalue weighted by molar-refractivity contribution is 5.77. The minimum absolute atomic E-state index is 0.178. The van der Waals surface area contributed by atoms with Gasteiger partial charge < -0.3 is 9.80 Å². The van der Waals surface area contributed by atoms with Crippen LogP contribution in [0.3, 0.4) is 0 Å². The van der Waals surface area contributed by atoms with Crippen molar-refractivity contribution in [1.82, 2.24) is 15.1 Å². The van der Waals surface area contributed by atoms with E-state index in [1.54, 1.807) is 0 Å². The summed E-state index contributed by atoms with van der Waals surface area (Å²) in [6.45, 7) is 8.45. The smallest absolute Gasteiger partial charge is 0.223 e. The van der Waals surface area contributed by atoms with E-state index in [4.69, 9.17) is 0 Å². The molecular formula is C21H25N5O. The quantitative estimate of drug-likeness (QED) is 0.835. The number of anilines is 1. The average molecular weight is 363 g/mol. The van der Waals surface area contributed by atoms with Crippen molar-refractivity contribution < 1.29 is 4.79 Å². The van der Waals surface area contributed by atoms with Crippen molar-refractivity contribution in [3.8, 4) is 6.07 Å². The summed E-state index contributed by atoms with van der Waals surface area (Å²) in [6, 6.07) is 12.4. The number of nitriles is 1.